The van der Waals surface area contributed by atoms with Crippen molar-refractivity contribution in [3.63, 3.8) is 0 Å². The smallest absolute Gasteiger partial charge is 0.241 e. The number of carbonyl (C=O) groups excluding carboxylic acids is 2. The molecule has 0 fully saturated rings. The van der Waals surface area contributed by atoms with Crippen molar-refractivity contribution < 1.29 is 14.3 Å². The number of thioether (sulfide) groups is 1. The molecule has 2 aromatic rings. The Morgan fingerprint density at radius 1 is 1.13 bits per heavy atom. The fourth-order valence-electron chi connectivity index (χ4n) is 3.50. The standard InChI is InChI=1S/C25H32N2O3S/c1-17(2)30-15-7-14-26-24(28)19(4)23-25(29)27(16-20-12-10-18(3)11-13-20)21-8-5-6-9-22(21)31-23/h5-6,8-13,17,19,23H,7,14-16H2,1-4H3,(H,26,28)/t19-,23-/m1/s1. The van der Waals surface area contributed by atoms with Crippen LogP contribution < -0.4 is 10.2 Å². The van der Waals surface area contributed by atoms with Crippen LogP contribution >= 0.6 is 11.8 Å². The minimum Gasteiger partial charge on any atom is -0.379 e. The molecule has 0 bridgehead atoms. The molecule has 0 aliphatic carbocycles. The average molecular weight is 441 g/mol. The number of hydrogen-bond donors (Lipinski definition) is 1. The van der Waals surface area contributed by atoms with Gasteiger partial charge in [-0.3, -0.25) is 9.59 Å². The maximum absolute atomic E-state index is 13.5. The molecule has 0 spiro atoms. The SMILES string of the molecule is Cc1ccc(CN2C(=O)[C@@H]([C@@H](C)C(=O)NCCCOC(C)C)Sc3ccccc32)cc1. The van der Waals surface area contributed by atoms with E-state index in [0.29, 0.717) is 19.7 Å². The molecular formula is C25H32N2O3S. The van der Waals surface area contributed by atoms with Crippen molar-refractivity contribution in [2.45, 2.75) is 56.9 Å². The molecule has 0 aromatic heterocycles. The Bertz CT molecular complexity index is 898. The molecule has 0 unspecified atom stereocenters. The van der Waals surface area contributed by atoms with Crippen LogP contribution in [0.25, 0.3) is 0 Å². The Morgan fingerprint density at radius 3 is 2.55 bits per heavy atom. The summed E-state index contributed by atoms with van der Waals surface area (Å²) < 4.78 is 5.52. The van der Waals surface area contributed by atoms with Crippen molar-refractivity contribution in [3.05, 3.63) is 59.7 Å². The van der Waals surface area contributed by atoms with E-state index in [9.17, 15) is 9.59 Å². The Balaban J connectivity index is 1.70. The van der Waals surface area contributed by atoms with Crippen LogP contribution in [0.15, 0.2) is 53.4 Å². The van der Waals surface area contributed by atoms with Crippen molar-refractivity contribution in [1.82, 2.24) is 5.32 Å². The summed E-state index contributed by atoms with van der Waals surface area (Å²) in [5.41, 5.74) is 3.17. The predicted octanol–water partition coefficient (Wildman–Crippen LogP) is 4.57. The van der Waals surface area contributed by atoms with Crippen LogP contribution in [0.2, 0.25) is 0 Å². The first-order chi connectivity index (χ1) is 14.9. The summed E-state index contributed by atoms with van der Waals surface area (Å²) in [5.74, 6) is -0.544. The normalized spacial score (nSPS) is 16.9. The van der Waals surface area contributed by atoms with E-state index in [2.05, 4.69) is 29.6 Å². The first kappa shape index (κ1) is 23.4. The van der Waals surface area contributed by atoms with Gasteiger partial charge in [-0.1, -0.05) is 48.9 Å². The van der Waals surface area contributed by atoms with Crippen LogP contribution in [0.1, 0.15) is 38.3 Å². The van der Waals surface area contributed by atoms with Crippen molar-refractivity contribution in [1.29, 1.82) is 0 Å². The molecule has 0 saturated carbocycles. The highest BCUT2D eigenvalue weighted by Gasteiger charge is 2.39. The molecule has 6 heteroatoms. The van der Waals surface area contributed by atoms with Crippen LogP contribution in [0, 0.1) is 12.8 Å². The summed E-state index contributed by atoms with van der Waals surface area (Å²) in [6.45, 7) is 9.53. The molecule has 31 heavy (non-hydrogen) atoms. The zero-order valence-corrected chi connectivity index (χ0v) is 19.6. The minimum absolute atomic E-state index is 0.0185. The Morgan fingerprint density at radius 2 is 1.84 bits per heavy atom. The Hall–Kier alpha value is -2.31. The third-order valence-electron chi connectivity index (χ3n) is 5.32. The van der Waals surface area contributed by atoms with E-state index in [1.165, 1.54) is 17.3 Å². The highest BCUT2D eigenvalue weighted by atomic mass is 32.2. The zero-order valence-electron chi connectivity index (χ0n) is 18.8. The molecule has 2 atom stereocenters. The number of para-hydroxylation sites is 1. The van der Waals surface area contributed by atoms with Gasteiger partial charge in [0, 0.05) is 18.0 Å². The summed E-state index contributed by atoms with van der Waals surface area (Å²) in [5, 5.41) is 2.51. The van der Waals surface area contributed by atoms with E-state index in [4.69, 9.17) is 4.74 Å². The number of hydrogen-bond acceptors (Lipinski definition) is 4. The maximum atomic E-state index is 13.5. The highest BCUT2D eigenvalue weighted by Crippen LogP contribution is 2.42. The Kier molecular flexibility index (Phi) is 8.15. The number of anilines is 1. The summed E-state index contributed by atoms with van der Waals surface area (Å²) in [6.07, 6.45) is 0.940. The third-order valence-corrected chi connectivity index (χ3v) is 6.78. The van der Waals surface area contributed by atoms with Gasteiger partial charge in [-0.15, -0.1) is 11.8 Å². The summed E-state index contributed by atoms with van der Waals surface area (Å²) in [6, 6.07) is 16.1. The summed E-state index contributed by atoms with van der Waals surface area (Å²) in [7, 11) is 0. The second-order valence-electron chi connectivity index (χ2n) is 8.27. The molecule has 1 aliphatic rings. The first-order valence-corrected chi connectivity index (χ1v) is 11.8. The summed E-state index contributed by atoms with van der Waals surface area (Å²) >= 11 is 1.49. The van der Waals surface area contributed by atoms with Gasteiger partial charge in [0.25, 0.3) is 0 Å². The van der Waals surface area contributed by atoms with Crippen LogP contribution in [-0.2, 0) is 20.9 Å². The van der Waals surface area contributed by atoms with E-state index in [-0.39, 0.29) is 17.9 Å². The largest absolute Gasteiger partial charge is 0.379 e. The molecule has 1 N–H and O–H groups in total. The second-order valence-corrected chi connectivity index (χ2v) is 9.45. The summed E-state index contributed by atoms with van der Waals surface area (Å²) in [4.78, 5) is 29.1. The molecular weight excluding hydrogens is 408 g/mol. The number of benzene rings is 2. The minimum atomic E-state index is -0.452. The fraction of sp³-hybridized carbons (Fsp3) is 0.440. The fourth-order valence-corrected chi connectivity index (χ4v) is 4.78. The van der Waals surface area contributed by atoms with Crippen LogP contribution in [-0.4, -0.2) is 36.3 Å². The van der Waals surface area contributed by atoms with Gasteiger partial charge < -0.3 is 15.0 Å². The zero-order chi connectivity index (χ0) is 22.4. The molecule has 1 heterocycles. The van der Waals surface area contributed by atoms with Gasteiger partial charge in [0.15, 0.2) is 0 Å². The highest BCUT2D eigenvalue weighted by molar-refractivity contribution is 8.01. The molecule has 0 radical (unpaired) electrons. The number of carbonyl (C=O) groups is 2. The van der Waals surface area contributed by atoms with Crippen molar-refractivity contribution >= 4 is 29.3 Å². The van der Waals surface area contributed by atoms with Gasteiger partial charge in [-0.25, -0.2) is 0 Å². The molecule has 166 valence electrons. The van der Waals surface area contributed by atoms with Gasteiger partial charge in [0.2, 0.25) is 11.8 Å². The van der Waals surface area contributed by atoms with E-state index in [1.807, 2.05) is 56.9 Å². The molecule has 2 aromatic carbocycles. The number of nitrogens with one attached hydrogen (secondary N) is 1. The maximum Gasteiger partial charge on any atom is 0.241 e. The van der Waals surface area contributed by atoms with Crippen LogP contribution in [0.5, 0.6) is 0 Å². The molecule has 3 rings (SSSR count). The van der Waals surface area contributed by atoms with E-state index >= 15 is 0 Å². The third kappa shape index (κ3) is 6.11. The number of nitrogens with zero attached hydrogens (tertiary/aromatic N) is 1. The number of ether oxygens (including phenoxy) is 1. The van der Waals surface area contributed by atoms with Gasteiger partial charge in [0.05, 0.1) is 24.3 Å². The number of fused-ring (bicyclic) bond motifs is 1. The van der Waals surface area contributed by atoms with E-state index in [0.717, 1.165) is 22.6 Å². The van der Waals surface area contributed by atoms with Crippen LogP contribution in [0.3, 0.4) is 0 Å². The lowest BCUT2D eigenvalue weighted by molar-refractivity contribution is -0.128. The first-order valence-electron chi connectivity index (χ1n) is 10.9. The number of rotatable bonds is 9. The predicted molar refractivity (Wildman–Crippen MR) is 126 cm³/mol. The van der Waals surface area contributed by atoms with E-state index < -0.39 is 11.2 Å². The quantitative estimate of drug-likeness (QED) is 0.581. The number of aryl methyl sites for hydroxylation is 1. The number of amides is 2. The lowest BCUT2D eigenvalue weighted by Gasteiger charge is -2.35. The Labute approximate surface area is 189 Å². The topological polar surface area (TPSA) is 58.6 Å². The van der Waals surface area contributed by atoms with Gasteiger partial charge >= 0.3 is 0 Å². The molecule has 0 saturated heterocycles. The monoisotopic (exact) mass is 440 g/mol. The molecule has 1 aliphatic heterocycles. The molecule has 2 amide bonds. The van der Waals surface area contributed by atoms with Crippen molar-refractivity contribution in [3.8, 4) is 0 Å². The average Bonchev–Trinajstić information content (AvgIpc) is 2.75. The lowest BCUT2D eigenvalue weighted by Crippen LogP contribution is -2.47. The van der Waals surface area contributed by atoms with Gasteiger partial charge in [-0.05, 0) is 44.9 Å². The molecule has 5 nitrogen and oxygen atoms in total. The lowest BCUT2D eigenvalue weighted by atomic mass is 10.0. The van der Waals surface area contributed by atoms with Crippen LogP contribution in [0.4, 0.5) is 5.69 Å². The van der Waals surface area contributed by atoms with Gasteiger partial charge in [0.1, 0.15) is 5.25 Å². The second kappa shape index (κ2) is 10.8. The van der Waals surface area contributed by atoms with Crippen molar-refractivity contribution in [2.24, 2.45) is 5.92 Å². The van der Waals surface area contributed by atoms with Gasteiger partial charge in [-0.2, -0.15) is 0 Å². The van der Waals surface area contributed by atoms with E-state index in [1.54, 1.807) is 0 Å². The van der Waals surface area contributed by atoms with Crippen molar-refractivity contribution in [2.75, 3.05) is 18.1 Å².